The van der Waals surface area contributed by atoms with E-state index in [0.717, 1.165) is 56.8 Å². The first-order chi connectivity index (χ1) is 15.7. The van der Waals surface area contributed by atoms with E-state index < -0.39 is 0 Å². The van der Waals surface area contributed by atoms with Crippen LogP contribution in [0.3, 0.4) is 0 Å². The molecule has 3 heterocycles. The molecule has 0 saturated heterocycles. The molecule has 0 spiro atoms. The highest BCUT2D eigenvalue weighted by Gasteiger charge is 2.25. The minimum Gasteiger partial charge on any atom is -0.363 e. The Hall–Kier alpha value is -3.10. The fraction of sp³-hybridized carbons (Fsp3) is 0.167. The molecule has 1 atom stereocenters. The van der Waals surface area contributed by atoms with Gasteiger partial charge in [0.1, 0.15) is 11.5 Å². The van der Waals surface area contributed by atoms with Crippen LogP contribution in [0.2, 0.25) is 0 Å². The van der Waals surface area contributed by atoms with Crippen LogP contribution in [0.4, 0.5) is 5.82 Å². The van der Waals surface area contributed by atoms with E-state index >= 15 is 0 Å². The Morgan fingerprint density at radius 2 is 2.09 bits per heavy atom. The van der Waals surface area contributed by atoms with E-state index in [1.165, 1.54) is 11.1 Å². The van der Waals surface area contributed by atoms with Gasteiger partial charge < -0.3 is 10.3 Å². The zero-order valence-corrected chi connectivity index (χ0v) is 19.5. The number of hydrogen-bond donors (Lipinski definition) is 3. The maximum Gasteiger partial charge on any atom is 0.332 e. The number of halogens is 1. The molecule has 3 N–H and O–H groups in total. The Kier molecular flexibility index (Phi) is 4.77. The van der Waals surface area contributed by atoms with Gasteiger partial charge in [0.15, 0.2) is 0 Å². The number of aromatic amines is 2. The smallest absolute Gasteiger partial charge is 0.332 e. The third-order valence-electron chi connectivity index (χ3n) is 6.05. The number of fused-ring (bicyclic) bond motifs is 2. The zero-order valence-electron chi connectivity index (χ0n) is 17.1. The lowest BCUT2D eigenvalue weighted by atomic mass is 9.88. The monoisotopic (exact) mass is 505 g/mol. The van der Waals surface area contributed by atoms with Crippen molar-refractivity contribution >= 4 is 44.1 Å². The average molecular weight is 506 g/mol. The number of thiophene rings is 1. The molecule has 0 fully saturated rings. The number of hydrogen-bond acceptors (Lipinski definition) is 4. The summed E-state index contributed by atoms with van der Waals surface area (Å²) in [5.74, 6) is 0.746. The van der Waals surface area contributed by atoms with Crippen molar-refractivity contribution in [1.29, 1.82) is 0 Å². The summed E-state index contributed by atoms with van der Waals surface area (Å²) >= 11 is 5.17. The lowest BCUT2D eigenvalue weighted by Gasteiger charge is -2.27. The zero-order chi connectivity index (χ0) is 21.7. The molecule has 0 saturated carbocycles. The van der Waals surface area contributed by atoms with Gasteiger partial charge in [0, 0.05) is 9.85 Å². The highest BCUT2D eigenvalue weighted by atomic mass is 79.9. The van der Waals surface area contributed by atoms with Crippen LogP contribution >= 0.6 is 27.3 Å². The van der Waals surface area contributed by atoms with Crippen LogP contribution < -0.4 is 11.0 Å². The minimum atomic E-state index is -0.171. The molecule has 1 aliphatic carbocycles. The van der Waals surface area contributed by atoms with Crippen molar-refractivity contribution in [3.05, 3.63) is 86.3 Å². The molecule has 6 nitrogen and oxygen atoms in total. The first kappa shape index (κ1) is 19.6. The quantitative estimate of drug-likeness (QED) is 0.279. The predicted octanol–water partition coefficient (Wildman–Crippen LogP) is 6.02. The molecule has 2 aromatic carbocycles. The molecule has 0 radical (unpaired) electrons. The normalized spacial score (nSPS) is 15.7. The second-order valence-corrected chi connectivity index (χ2v) is 9.84. The van der Waals surface area contributed by atoms with Crippen molar-refractivity contribution in [2.24, 2.45) is 0 Å². The predicted molar refractivity (Wildman–Crippen MR) is 133 cm³/mol. The van der Waals surface area contributed by atoms with Gasteiger partial charge >= 0.3 is 5.69 Å². The number of benzene rings is 2. The van der Waals surface area contributed by atoms with Crippen LogP contribution in [0.5, 0.6) is 0 Å². The Balaban J connectivity index is 1.50. The van der Waals surface area contributed by atoms with E-state index in [1.807, 2.05) is 23.6 Å². The van der Waals surface area contributed by atoms with Gasteiger partial charge in [0.25, 0.3) is 0 Å². The van der Waals surface area contributed by atoms with Gasteiger partial charge in [0.05, 0.1) is 34.0 Å². The number of nitrogens with zero attached hydrogens (tertiary/aromatic N) is 2. The van der Waals surface area contributed by atoms with Crippen molar-refractivity contribution in [3.8, 4) is 16.3 Å². The van der Waals surface area contributed by atoms with E-state index in [2.05, 4.69) is 66.5 Å². The van der Waals surface area contributed by atoms with Crippen molar-refractivity contribution in [1.82, 2.24) is 19.5 Å². The van der Waals surface area contributed by atoms with Crippen molar-refractivity contribution in [2.75, 3.05) is 5.32 Å². The van der Waals surface area contributed by atoms with Crippen LogP contribution in [0, 0.1) is 0 Å². The molecule has 5 aromatic rings. The molecule has 0 amide bonds. The van der Waals surface area contributed by atoms with Crippen molar-refractivity contribution in [2.45, 2.75) is 25.3 Å². The summed E-state index contributed by atoms with van der Waals surface area (Å²) in [6.45, 7) is 0. The van der Waals surface area contributed by atoms with E-state index in [0.29, 0.717) is 0 Å². The molecule has 0 aliphatic heterocycles. The highest BCUT2D eigenvalue weighted by Crippen LogP contribution is 2.38. The first-order valence-corrected chi connectivity index (χ1v) is 12.2. The van der Waals surface area contributed by atoms with E-state index in [1.54, 1.807) is 22.2 Å². The standard InChI is InChI=1S/C24H20BrN5OS/c25-15-10-21(32-12-15)22-23(28-18-7-3-5-14-4-1-2-6-17(14)18)29-24(31)30(22)16-8-9-19-20(11-16)27-13-26-19/h1-2,4,6,8-13,18,28H,3,5,7H2,(H,26,27)(H,29,31). The average Bonchev–Trinajstić information content (AvgIpc) is 3.52. The van der Waals surface area contributed by atoms with Gasteiger partial charge in [-0.3, -0.25) is 9.55 Å². The minimum absolute atomic E-state index is 0.156. The summed E-state index contributed by atoms with van der Waals surface area (Å²) in [6, 6.07) is 16.6. The third-order valence-corrected chi connectivity index (χ3v) is 7.74. The van der Waals surface area contributed by atoms with Gasteiger partial charge in [0.2, 0.25) is 0 Å². The number of H-pyrrole nitrogens is 2. The second-order valence-electron chi connectivity index (χ2n) is 8.01. The molecule has 1 unspecified atom stereocenters. The molecular formula is C24H20BrN5OS. The van der Waals surface area contributed by atoms with Crippen LogP contribution in [0.25, 0.3) is 27.3 Å². The second kappa shape index (κ2) is 7.79. The van der Waals surface area contributed by atoms with E-state index in [-0.39, 0.29) is 11.7 Å². The van der Waals surface area contributed by atoms with Gasteiger partial charge in [-0.25, -0.2) is 9.78 Å². The molecule has 0 bridgehead atoms. The topological polar surface area (TPSA) is 78.5 Å². The van der Waals surface area contributed by atoms with Gasteiger partial charge in [-0.2, -0.15) is 0 Å². The SMILES string of the molecule is O=c1[nH]c(NC2CCCc3ccccc32)c(-c2cc(Br)cs2)n1-c1ccc2nc[nH]c2c1. The van der Waals surface area contributed by atoms with Gasteiger partial charge in [-0.15, -0.1) is 11.3 Å². The van der Waals surface area contributed by atoms with Crippen molar-refractivity contribution in [3.63, 3.8) is 0 Å². The Bertz CT molecular complexity index is 1490. The molecule has 1 aliphatic rings. The number of anilines is 1. The van der Waals surface area contributed by atoms with Crippen LogP contribution in [0.15, 0.2) is 69.5 Å². The Labute approximate surface area is 196 Å². The Morgan fingerprint density at radius 1 is 1.19 bits per heavy atom. The summed E-state index contributed by atoms with van der Waals surface area (Å²) in [7, 11) is 0. The fourth-order valence-electron chi connectivity index (χ4n) is 4.60. The van der Waals surface area contributed by atoms with Crippen LogP contribution in [0.1, 0.15) is 30.0 Å². The number of imidazole rings is 2. The summed E-state index contributed by atoms with van der Waals surface area (Å²) in [6.07, 6.45) is 4.91. The van der Waals surface area contributed by atoms with Gasteiger partial charge in [-0.1, -0.05) is 24.3 Å². The maximum absolute atomic E-state index is 13.2. The molecule has 3 aromatic heterocycles. The van der Waals surface area contributed by atoms with Crippen LogP contribution in [-0.4, -0.2) is 19.5 Å². The number of aryl methyl sites for hydroxylation is 1. The van der Waals surface area contributed by atoms with E-state index in [9.17, 15) is 4.79 Å². The summed E-state index contributed by atoms with van der Waals surface area (Å²) in [5.41, 5.74) is 5.91. The van der Waals surface area contributed by atoms with Crippen molar-refractivity contribution < 1.29 is 0 Å². The lowest BCUT2D eigenvalue weighted by Crippen LogP contribution is -2.18. The molecular weight excluding hydrogens is 486 g/mol. The number of aromatic nitrogens is 4. The lowest BCUT2D eigenvalue weighted by molar-refractivity contribution is 0.599. The Morgan fingerprint density at radius 3 is 2.97 bits per heavy atom. The molecule has 160 valence electrons. The molecule has 8 heteroatoms. The highest BCUT2D eigenvalue weighted by molar-refractivity contribution is 9.10. The van der Waals surface area contributed by atoms with Gasteiger partial charge in [-0.05, 0) is 70.6 Å². The largest absolute Gasteiger partial charge is 0.363 e. The van der Waals surface area contributed by atoms with Crippen LogP contribution in [-0.2, 0) is 6.42 Å². The third kappa shape index (κ3) is 3.30. The molecule has 32 heavy (non-hydrogen) atoms. The number of nitrogens with one attached hydrogen (secondary N) is 3. The number of rotatable bonds is 4. The summed E-state index contributed by atoms with van der Waals surface area (Å²) in [5, 5.41) is 5.71. The molecule has 6 rings (SSSR count). The fourth-order valence-corrected chi connectivity index (χ4v) is 6.07. The first-order valence-electron chi connectivity index (χ1n) is 10.5. The maximum atomic E-state index is 13.2. The summed E-state index contributed by atoms with van der Waals surface area (Å²) < 4.78 is 2.74. The van der Waals surface area contributed by atoms with E-state index in [4.69, 9.17) is 0 Å². The summed E-state index contributed by atoms with van der Waals surface area (Å²) in [4.78, 5) is 24.8.